The molecule has 4 rings (SSSR count). The van der Waals surface area contributed by atoms with Gasteiger partial charge in [0, 0.05) is 30.1 Å². The van der Waals surface area contributed by atoms with Crippen LogP contribution in [0.3, 0.4) is 0 Å². The van der Waals surface area contributed by atoms with Crippen LogP contribution in [0.15, 0.2) is 48.8 Å². The lowest BCUT2D eigenvalue weighted by atomic mass is 9.97. The topological polar surface area (TPSA) is 93.6 Å². The van der Waals surface area contributed by atoms with Crippen molar-refractivity contribution >= 4 is 22.4 Å². The first-order valence-electron chi connectivity index (χ1n) is 9.68. The fourth-order valence-electron chi connectivity index (χ4n) is 3.54. The molecule has 3 heterocycles. The van der Waals surface area contributed by atoms with Crippen molar-refractivity contribution in [3.63, 3.8) is 0 Å². The fourth-order valence-corrected chi connectivity index (χ4v) is 3.54. The van der Waals surface area contributed by atoms with E-state index in [-0.39, 0.29) is 17.5 Å². The molecule has 7 heteroatoms. The Bertz CT molecular complexity index is 1020. The van der Waals surface area contributed by atoms with Gasteiger partial charge in [0.15, 0.2) is 5.69 Å². The lowest BCUT2D eigenvalue weighted by Crippen LogP contribution is -2.27. The number of carbonyl (C=O) groups excluding carboxylic acids is 1. The maximum Gasteiger partial charge on any atom is 0.278 e. The maximum atomic E-state index is 12.4. The zero-order valence-corrected chi connectivity index (χ0v) is 16.2. The van der Waals surface area contributed by atoms with E-state index in [4.69, 9.17) is 9.47 Å². The van der Waals surface area contributed by atoms with Gasteiger partial charge in [0.2, 0.25) is 5.88 Å². The summed E-state index contributed by atoms with van der Waals surface area (Å²) in [5.41, 5.74) is 0.583. The Balaban J connectivity index is 1.48. The summed E-state index contributed by atoms with van der Waals surface area (Å²) < 4.78 is 11.6. The van der Waals surface area contributed by atoms with Crippen LogP contribution in [0.25, 0.3) is 10.8 Å². The molecular weight excluding hydrogens is 370 g/mol. The number of hydrogen-bond acceptors (Lipinski definition) is 6. The van der Waals surface area contributed by atoms with Crippen molar-refractivity contribution in [2.45, 2.75) is 25.9 Å². The number of rotatable bonds is 5. The highest BCUT2D eigenvalue weighted by Crippen LogP contribution is 2.28. The van der Waals surface area contributed by atoms with Crippen molar-refractivity contribution in [2.24, 2.45) is 5.92 Å². The smallest absolute Gasteiger partial charge is 0.278 e. The Hall–Kier alpha value is -3.19. The number of pyridine rings is 2. The highest BCUT2D eigenvalue weighted by Gasteiger charge is 2.20. The molecule has 2 unspecified atom stereocenters. The molecule has 0 bridgehead atoms. The Kier molecular flexibility index (Phi) is 5.57. The van der Waals surface area contributed by atoms with E-state index in [1.54, 1.807) is 18.3 Å². The van der Waals surface area contributed by atoms with Gasteiger partial charge < -0.3 is 19.9 Å². The predicted molar refractivity (Wildman–Crippen MR) is 109 cm³/mol. The molecule has 3 aromatic rings. The molecule has 150 valence electrons. The molecule has 1 aromatic carbocycles. The molecule has 0 aliphatic carbocycles. The maximum absolute atomic E-state index is 12.4. The molecule has 2 atom stereocenters. The third kappa shape index (κ3) is 4.46. The largest absolute Gasteiger partial charge is 0.505 e. The van der Waals surface area contributed by atoms with Crippen LogP contribution >= 0.6 is 0 Å². The summed E-state index contributed by atoms with van der Waals surface area (Å²) in [5.74, 6) is 0.414. The summed E-state index contributed by atoms with van der Waals surface area (Å²) in [6, 6.07) is 10.4. The number of carbonyl (C=O) groups is 1. The average Bonchev–Trinajstić information content (AvgIpc) is 2.72. The van der Waals surface area contributed by atoms with E-state index in [0.717, 1.165) is 30.2 Å². The number of ether oxygens (including phenoxy) is 2. The molecule has 1 saturated heterocycles. The lowest BCUT2D eigenvalue weighted by Gasteiger charge is -2.27. The summed E-state index contributed by atoms with van der Waals surface area (Å²) in [6.07, 6.45) is 5.40. The fraction of sp³-hybridized carbons (Fsp3) is 0.318. The van der Waals surface area contributed by atoms with Crippen LogP contribution in [0.5, 0.6) is 11.6 Å². The first-order valence-corrected chi connectivity index (χ1v) is 9.68. The van der Waals surface area contributed by atoms with Crippen molar-refractivity contribution in [2.75, 3.05) is 18.5 Å². The van der Waals surface area contributed by atoms with Gasteiger partial charge in [0.25, 0.3) is 5.91 Å². The second-order valence-corrected chi connectivity index (χ2v) is 7.26. The molecular formula is C22H23N3O4. The van der Waals surface area contributed by atoms with Crippen LogP contribution in [0.1, 0.15) is 30.3 Å². The Morgan fingerprint density at radius 3 is 3.00 bits per heavy atom. The van der Waals surface area contributed by atoms with Gasteiger partial charge in [-0.25, -0.2) is 9.97 Å². The van der Waals surface area contributed by atoms with Crippen molar-refractivity contribution < 1.29 is 19.4 Å². The van der Waals surface area contributed by atoms with E-state index in [0.29, 0.717) is 24.1 Å². The van der Waals surface area contributed by atoms with Crippen LogP contribution < -0.4 is 10.1 Å². The molecule has 1 fully saturated rings. The van der Waals surface area contributed by atoms with Crippen LogP contribution in [-0.2, 0) is 4.74 Å². The van der Waals surface area contributed by atoms with E-state index in [9.17, 15) is 9.90 Å². The van der Waals surface area contributed by atoms with Crippen LogP contribution in [0, 0.1) is 5.92 Å². The van der Waals surface area contributed by atoms with Crippen LogP contribution in [-0.4, -0.2) is 40.3 Å². The van der Waals surface area contributed by atoms with Crippen molar-refractivity contribution in [3.8, 4) is 11.6 Å². The summed E-state index contributed by atoms with van der Waals surface area (Å²) in [7, 11) is 0. The highest BCUT2D eigenvalue weighted by molar-refractivity contribution is 6.05. The summed E-state index contributed by atoms with van der Waals surface area (Å²) in [6.45, 7) is 3.47. The van der Waals surface area contributed by atoms with Gasteiger partial charge in [-0.15, -0.1) is 0 Å². The number of nitrogens with zero attached hydrogens (tertiary/aromatic N) is 2. The van der Waals surface area contributed by atoms with Gasteiger partial charge in [-0.05, 0) is 67.5 Å². The van der Waals surface area contributed by atoms with Crippen molar-refractivity contribution in [1.29, 1.82) is 0 Å². The van der Waals surface area contributed by atoms with Gasteiger partial charge in [-0.1, -0.05) is 0 Å². The first kappa shape index (κ1) is 19.1. The molecule has 0 radical (unpaired) electrons. The molecule has 29 heavy (non-hydrogen) atoms. The van der Waals surface area contributed by atoms with Gasteiger partial charge in [-0.2, -0.15) is 0 Å². The summed E-state index contributed by atoms with van der Waals surface area (Å²) in [5, 5.41) is 14.3. The Morgan fingerprint density at radius 1 is 1.28 bits per heavy atom. The van der Waals surface area contributed by atoms with Crippen molar-refractivity contribution in [1.82, 2.24) is 9.97 Å². The zero-order valence-electron chi connectivity index (χ0n) is 16.2. The predicted octanol–water partition coefficient (Wildman–Crippen LogP) is 3.78. The van der Waals surface area contributed by atoms with E-state index >= 15 is 0 Å². The summed E-state index contributed by atoms with van der Waals surface area (Å²) in [4.78, 5) is 20.7. The highest BCUT2D eigenvalue weighted by atomic mass is 16.5. The average molecular weight is 393 g/mol. The molecule has 2 aromatic heterocycles. The number of anilines is 1. The van der Waals surface area contributed by atoms with Gasteiger partial charge in [-0.3, -0.25) is 4.79 Å². The Morgan fingerprint density at radius 2 is 2.17 bits per heavy atom. The molecule has 0 saturated carbocycles. The number of nitrogens with one attached hydrogen (secondary N) is 1. The molecule has 1 amide bonds. The van der Waals surface area contributed by atoms with E-state index in [2.05, 4.69) is 22.2 Å². The number of amides is 1. The van der Waals surface area contributed by atoms with Crippen LogP contribution in [0.4, 0.5) is 5.69 Å². The van der Waals surface area contributed by atoms with Crippen molar-refractivity contribution in [3.05, 3.63) is 54.5 Å². The van der Waals surface area contributed by atoms with E-state index in [1.807, 2.05) is 18.2 Å². The lowest BCUT2D eigenvalue weighted by molar-refractivity contribution is -0.00808. The summed E-state index contributed by atoms with van der Waals surface area (Å²) >= 11 is 0. The quantitative estimate of drug-likeness (QED) is 0.685. The second kappa shape index (κ2) is 8.45. The third-order valence-electron chi connectivity index (χ3n) is 5.04. The van der Waals surface area contributed by atoms with Gasteiger partial charge in [0.1, 0.15) is 5.75 Å². The number of hydrogen-bond donors (Lipinski definition) is 2. The third-order valence-corrected chi connectivity index (χ3v) is 5.04. The molecule has 2 N–H and O–H groups in total. The minimum atomic E-state index is -0.471. The minimum Gasteiger partial charge on any atom is -0.505 e. The number of aromatic nitrogens is 2. The van der Waals surface area contributed by atoms with E-state index < -0.39 is 5.91 Å². The zero-order chi connectivity index (χ0) is 20.2. The Labute approximate surface area is 168 Å². The molecule has 1 aliphatic heterocycles. The van der Waals surface area contributed by atoms with Crippen LogP contribution in [0.2, 0.25) is 0 Å². The monoisotopic (exact) mass is 393 g/mol. The number of aromatic hydroxyl groups is 1. The second-order valence-electron chi connectivity index (χ2n) is 7.26. The normalized spacial score (nSPS) is 19.1. The van der Waals surface area contributed by atoms with Gasteiger partial charge >= 0.3 is 0 Å². The van der Waals surface area contributed by atoms with Gasteiger partial charge in [0.05, 0.1) is 12.7 Å². The number of benzene rings is 1. The standard InChI is InChI=1S/C22H23N3O4/c1-14-11-15(7-10-28-14)13-29-22-18-5-4-17(12-16(18)6-9-24-22)25-21(27)20-19(26)3-2-8-23-20/h2-6,8-9,12,14-15,26H,7,10-11,13H2,1H3,(H,25,27). The molecule has 0 spiro atoms. The molecule has 1 aliphatic rings. The van der Waals surface area contributed by atoms with E-state index in [1.165, 1.54) is 12.3 Å². The first-order chi connectivity index (χ1) is 14.1. The number of fused-ring (bicyclic) bond motifs is 1. The SMILES string of the molecule is CC1CC(COc2nccc3cc(NC(=O)c4ncccc4O)ccc23)CCO1. The minimum absolute atomic E-state index is 0.0166. The molecule has 7 nitrogen and oxygen atoms in total.